The van der Waals surface area contributed by atoms with Crippen molar-refractivity contribution in [3.05, 3.63) is 71.8 Å². The Hall–Kier alpha value is -3.48. The minimum Gasteiger partial charge on any atom is -0.465 e. The minimum atomic E-state index is -0.451. The van der Waals surface area contributed by atoms with Gasteiger partial charge in [-0.15, -0.1) is 0 Å². The number of amides is 1. The highest BCUT2D eigenvalue weighted by Gasteiger charge is 2.12. The number of nitrogens with one attached hydrogen (secondary N) is 1. The van der Waals surface area contributed by atoms with Crippen LogP contribution in [-0.4, -0.2) is 33.8 Å². The highest BCUT2D eigenvalue weighted by Crippen LogP contribution is 2.19. The second-order valence-corrected chi connectivity index (χ2v) is 5.36. The molecule has 0 fully saturated rings. The zero-order valence-corrected chi connectivity index (χ0v) is 13.8. The Morgan fingerprint density at radius 2 is 1.80 bits per heavy atom. The molecule has 3 aromatic rings. The van der Waals surface area contributed by atoms with Gasteiger partial charge in [0.05, 0.1) is 18.4 Å². The quantitative estimate of drug-likeness (QED) is 0.740. The SMILES string of the molecule is COC(=O)c1ccc(C)c(NC(=O)c2ccc(-n3cncn3)cc2)c1. The van der Waals surface area contributed by atoms with Crippen LogP contribution in [0.25, 0.3) is 5.69 Å². The van der Waals surface area contributed by atoms with E-state index in [1.807, 2.05) is 6.92 Å². The number of carbonyl (C=O) groups is 2. The largest absolute Gasteiger partial charge is 0.465 e. The van der Waals surface area contributed by atoms with Crippen molar-refractivity contribution in [3.8, 4) is 5.69 Å². The number of ether oxygens (including phenoxy) is 1. The van der Waals surface area contributed by atoms with Crippen LogP contribution in [0.3, 0.4) is 0 Å². The molecule has 0 aliphatic carbocycles. The van der Waals surface area contributed by atoms with E-state index in [0.717, 1.165) is 11.3 Å². The maximum absolute atomic E-state index is 12.5. The summed E-state index contributed by atoms with van der Waals surface area (Å²) in [4.78, 5) is 28.0. The van der Waals surface area contributed by atoms with Crippen LogP contribution in [0.15, 0.2) is 55.1 Å². The first-order valence-corrected chi connectivity index (χ1v) is 7.54. The minimum absolute atomic E-state index is 0.268. The predicted octanol–water partition coefficient (Wildman–Crippen LogP) is 2.61. The molecule has 25 heavy (non-hydrogen) atoms. The molecule has 1 N–H and O–H groups in total. The third-order valence-electron chi connectivity index (χ3n) is 3.72. The van der Waals surface area contributed by atoms with Crippen LogP contribution in [-0.2, 0) is 4.74 Å². The third-order valence-corrected chi connectivity index (χ3v) is 3.72. The number of esters is 1. The monoisotopic (exact) mass is 336 g/mol. The molecule has 0 radical (unpaired) electrons. The summed E-state index contributed by atoms with van der Waals surface area (Å²) >= 11 is 0. The number of carbonyl (C=O) groups excluding carboxylic acids is 2. The first-order valence-electron chi connectivity index (χ1n) is 7.54. The summed E-state index contributed by atoms with van der Waals surface area (Å²) in [5, 5.41) is 6.85. The smallest absolute Gasteiger partial charge is 0.337 e. The Morgan fingerprint density at radius 1 is 1.08 bits per heavy atom. The van der Waals surface area contributed by atoms with Crippen molar-refractivity contribution in [2.45, 2.75) is 6.92 Å². The Labute approximate surface area is 144 Å². The predicted molar refractivity (Wildman–Crippen MR) is 91.8 cm³/mol. The lowest BCUT2D eigenvalue weighted by atomic mass is 10.1. The number of benzene rings is 2. The summed E-state index contributed by atoms with van der Waals surface area (Å²) in [5.41, 5.74) is 3.09. The number of rotatable bonds is 4. The van der Waals surface area contributed by atoms with Crippen LogP contribution in [0.4, 0.5) is 5.69 Å². The van der Waals surface area contributed by atoms with Gasteiger partial charge in [-0.3, -0.25) is 4.79 Å². The van der Waals surface area contributed by atoms with Gasteiger partial charge in [0, 0.05) is 11.3 Å². The number of hydrogen-bond acceptors (Lipinski definition) is 5. The molecule has 0 atom stereocenters. The number of aromatic nitrogens is 3. The van der Waals surface area contributed by atoms with Crippen LogP contribution in [0, 0.1) is 6.92 Å². The summed E-state index contributed by atoms with van der Waals surface area (Å²) < 4.78 is 6.31. The molecule has 0 aliphatic rings. The summed E-state index contributed by atoms with van der Waals surface area (Å²) in [7, 11) is 1.32. The molecule has 0 saturated heterocycles. The average Bonchev–Trinajstić information content (AvgIpc) is 3.17. The maximum atomic E-state index is 12.5. The van der Waals surface area contributed by atoms with E-state index in [-0.39, 0.29) is 5.91 Å². The van der Waals surface area contributed by atoms with E-state index < -0.39 is 5.97 Å². The van der Waals surface area contributed by atoms with Crippen molar-refractivity contribution in [1.29, 1.82) is 0 Å². The highest BCUT2D eigenvalue weighted by molar-refractivity contribution is 6.05. The number of anilines is 1. The Kier molecular flexibility index (Phi) is 4.56. The van der Waals surface area contributed by atoms with E-state index in [9.17, 15) is 9.59 Å². The topological polar surface area (TPSA) is 86.1 Å². The summed E-state index contributed by atoms with van der Waals surface area (Å²) in [6.45, 7) is 1.85. The van der Waals surface area contributed by atoms with Gasteiger partial charge in [-0.25, -0.2) is 14.5 Å². The van der Waals surface area contributed by atoms with Gasteiger partial charge in [-0.05, 0) is 48.9 Å². The van der Waals surface area contributed by atoms with E-state index in [0.29, 0.717) is 16.8 Å². The van der Waals surface area contributed by atoms with Crippen LogP contribution < -0.4 is 5.32 Å². The van der Waals surface area contributed by atoms with E-state index in [4.69, 9.17) is 4.74 Å². The summed E-state index contributed by atoms with van der Waals surface area (Å²) in [6.07, 6.45) is 3.02. The molecule has 0 aliphatic heterocycles. The maximum Gasteiger partial charge on any atom is 0.337 e. The summed E-state index contributed by atoms with van der Waals surface area (Å²) in [6, 6.07) is 12.0. The first kappa shape index (κ1) is 16.4. The molecule has 0 bridgehead atoms. The van der Waals surface area contributed by atoms with E-state index in [2.05, 4.69) is 15.4 Å². The normalized spacial score (nSPS) is 10.3. The molecule has 1 heterocycles. The van der Waals surface area contributed by atoms with Crippen molar-refractivity contribution >= 4 is 17.6 Å². The van der Waals surface area contributed by atoms with Gasteiger partial charge in [-0.1, -0.05) is 6.07 Å². The van der Waals surface area contributed by atoms with E-state index >= 15 is 0 Å². The van der Waals surface area contributed by atoms with Crippen molar-refractivity contribution in [3.63, 3.8) is 0 Å². The van der Waals surface area contributed by atoms with Crippen molar-refractivity contribution < 1.29 is 14.3 Å². The second kappa shape index (κ2) is 6.96. The fourth-order valence-electron chi connectivity index (χ4n) is 2.30. The van der Waals surface area contributed by atoms with Crippen molar-refractivity contribution in [2.24, 2.45) is 0 Å². The molecule has 3 rings (SSSR count). The molecule has 0 spiro atoms. The molecule has 0 unspecified atom stereocenters. The lowest BCUT2D eigenvalue weighted by Crippen LogP contribution is -2.14. The standard InChI is InChI=1S/C18H16N4O3/c1-12-3-4-14(18(24)25-2)9-16(12)21-17(23)13-5-7-15(8-6-13)22-11-19-10-20-22/h3-11H,1-2H3,(H,21,23). The number of nitrogens with zero attached hydrogens (tertiary/aromatic N) is 3. The van der Waals surface area contributed by atoms with Crippen LogP contribution in [0.5, 0.6) is 0 Å². The van der Waals surface area contributed by atoms with Gasteiger partial charge < -0.3 is 10.1 Å². The highest BCUT2D eigenvalue weighted by atomic mass is 16.5. The average molecular weight is 336 g/mol. The Bertz CT molecular complexity index is 903. The van der Waals surface area contributed by atoms with Crippen LogP contribution in [0.1, 0.15) is 26.3 Å². The first-order chi connectivity index (χ1) is 12.1. The van der Waals surface area contributed by atoms with Crippen LogP contribution >= 0.6 is 0 Å². The van der Waals surface area contributed by atoms with Gasteiger partial charge in [0.2, 0.25) is 0 Å². The van der Waals surface area contributed by atoms with Crippen molar-refractivity contribution in [1.82, 2.24) is 14.8 Å². The molecular weight excluding hydrogens is 320 g/mol. The lowest BCUT2D eigenvalue weighted by molar-refractivity contribution is 0.0600. The van der Waals surface area contributed by atoms with Gasteiger partial charge in [0.1, 0.15) is 12.7 Å². The molecule has 2 aromatic carbocycles. The van der Waals surface area contributed by atoms with E-state index in [1.165, 1.54) is 13.4 Å². The fourth-order valence-corrected chi connectivity index (χ4v) is 2.30. The number of hydrogen-bond donors (Lipinski definition) is 1. The zero-order valence-electron chi connectivity index (χ0n) is 13.8. The lowest BCUT2D eigenvalue weighted by Gasteiger charge is -2.10. The molecule has 7 heteroatoms. The van der Waals surface area contributed by atoms with Gasteiger partial charge in [0.15, 0.2) is 0 Å². The third kappa shape index (κ3) is 3.55. The van der Waals surface area contributed by atoms with E-state index in [1.54, 1.807) is 53.5 Å². The Balaban J connectivity index is 1.79. The molecule has 7 nitrogen and oxygen atoms in total. The second-order valence-electron chi connectivity index (χ2n) is 5.36. The van der Waals surface area contributed by atoms with Crippen molar-refractivity contribution in [2.75, 3.05) is 12.4 Å². The fraction of sp³-hybridized carbons (Fsp3) is 0.111. The number of methoxy groups -OCH3 is 1. The van der Waals surface area contributed by atoms with Gasteiger partial charge >= 0.3 is 5.97 Å². The molecule has 1 aromatic heterocycles. The molecule has 126 valence electrons. The Morgan fingerprint density at radius 3 is 2.44 bits per heavy atom. The zero-order chi connectivity index (χ0) is 17.8. The molecular formula is C18H16N4O3. The van der Waals surface area contributed by atoms with Crippen LogP contribution in [0.2, 0.25) is 0 Å². The molecule has 0 saturated carbocycles. The molecule has 1 amide bonds. The van der Waals surface area contributed by atoms with Gasteiger partial charge in [0.25, 0.3) is 5.91 Å². The number of aryl methyl sites for hydroxylation is 1. The van der Waals surface area contributed by atoms with Gasteiger partial charge in [-0.2, -0.15) is 5.10 Å². The summed E-state index contributed by atoms with van der Waals surface area (Å²) in [5.74, 6) is -0.719.